The van der Waals surface area contributed by atoms with Gasteiger partial charge in [0.25, 0.3) is 0 Å². The third kappa shape index (κ3) is 2.29. The zero-order chi connectivity index (χ0) is 14.4. The third-order valence-electron chi connectivity index (χ3n) is 6.40. The molecule has 0 aromatic heterocycles. The summed E-state index contributed by atoms with van der Waals surface area (Å²) in [6.07, 6.45) is 4.26. The molecule has 1 aliphatic heterocycles. The van der Waals surface area contributed by atoms with Crippen LogP contribution >= 0.6 is 11.8 Å². The van der Waals surface area contributed by atoms with Crippen molar-refractivity contribution in [1.29, 1.82) is 0 Å². The molecule has 2 aliphatic carbocycles. The fourth-order valence-corrected chi connectivity index (χ4v) is 5.42. The first-order valence-corrected chi connectivity index (χ1v) is 9.09. The molecule has 0 amide bonds. The highest BCUT2D eigenvalue weighted by molar-refractivity contribution is 7.99. The van der Waals surface area contributed by atoms with Gasteiger partial charge in [-0.1, -0.05) is 20.8 Å². The van der Waals surface area contributed by atoms with Gasteiger partial charge in [0.1, 0.15) is 6.10 Å². The summed E-state index contributed by atoms with van der Waals surface area (Å²) in [6.45, 7) is 8.06. The van der Waals surface area contributed by atoms with E-state index in [0.717, 1.165) is 30.4 Å². The summed E-state index contributed by atoms with van der Waals surface area (Å²) in [5.41, 5.74) is 0.499. The molecule has 2 bridgehead atoms. The maximum atomic E-state index is 12.2. The average molecular weight is 297 g/mol. The van der Waals surface area contributed by atoms with E-state index in [4.69, 9.17) is 4.74 Å². The molecule has 1 heterocycles. The maximum Gasteiger partial charge on any atom is 0.307 e. The molecule has 4 atom stereocenters. The average Bonchev–Trinajstić information content (AvgIpc) is 2.73. The zero-order valence-electron chi connectivity index (χ0n) is 12.9. The van der Waals surface area contributed by atoms with Crippen LogP contribution in [-0.2, 0) is 9.53 Å². The van der Waals surface area contributed by atoms with E-state index in [2.05, 4.69) is 26.1 Å². The molecule has 4 unspecified atom stereocenters. The topological polar surface area (TPSA) is 38.3 Å². The molecule has 0 aromatic rings. The monoisotopic (exact) mass is 297 g/mol. The lowest BCUT2D eigenvalue weighted by atomic mass is 9.70. The van der Waals surface area contributed by atoms with Crippen LogP contribution in [0.4, 0.5) is 0 Å². The van der Waals surface area contributed by atoms with Gasteiger partial charge in [-0.3, -0.25) is 4.79 Å². The number of rotatable bonds is 3. The van der Waals surface area contributed by atoms with E-state index >= 15 is 0 Å². The van der Waals surface area contributed by atoms with Crippen molar-refractivity contribution < 1.29 is 9.53 Å². The molecule has 1 saturated heterocycles. The summed E-state index contributed by atoms with van der Waals surface area (Å²) in [5.74, 6) is 2.92. The molecule has 3 aliphatic rings. The molecule has 0 spiro atoms. The first-order chi connectivity index (χ1) is 9.43. The molecule has 0 aromatic carbocycles. The Kier molecular flexibility index (Phi) is 3.83. The van der Waals surface area contributed by atoms with E-state index < -0.39 is 0 Å². The molecule has 3 nitrogen and oxygen atoms in total. The molecule has 1 N–H and O–H groups in total. The normalized spacial score (nSPS) is 42.6. The van der Waals surface area contributed by atoms with Crippen molar-refractivity contribution in [3.05, 3.63) is 0 Å². The Morgan fingerprint density at radius 2 is 2.20 bits per heavy atom. The van der Waals surface area contributed by atoms with Gasteiger partial charge in [0.05, 0.1) is 6.42 Å². The van der Waals surface area contributed by atoms with E-state index in [1.807, 2.05) is 11.8 Å². The summed E-state index contributed by atoms with van der Waals surface area (Å²) in [5, 5.41) is 3.41. The number of carbonyl (C=O) groups excluding carboxylic acids is 1. The van der Waals surface area contributed by atoms with Crippen LogP contribution in [0.5, 0.6) is 0 Å². The van der Waals surface area contributed by atoms with Crippen molar-refractivity contribution in [3.63, 3.8) is 0 Å². The van der Waals surface area contributed by atoms with Gasteiger partial charge in [0, 0.05) is 29.5 Å². The Balaban J connectivity index is 1.57. The van der Waals surface area contributed by atoms with Crippen molar-refractivity contribution in [1.82, 2.24) is 5.32 Å². The Hall–Kier alpha value is -0.220. The van der Waals surface area contributed by atoms with Crippen LogP contribution in [0, 0.1) is 16.7 Å². The minimum Gasteiger partial charge on any atom is -0.462 e. The van der Waals surface area contributed by atoms with E-state index in [1.165, 1.54) is 12.8 Å². The minimum atomic E-state index is -0.000394. The lowest BCUT2D eigenvalue weighted by Gasteiger charge is -2.38. The molecule has 2 saturated carbocycles. The van der Waals surface area contributed by atoms with E-state index in [0.29, 0.717) is 17.9 Å². The maximum absolute atomic E-state index is 12.2. The first-order valence-electron chi connectivity index (χ1n) is 7.94. The smallest absolute Gasteiger partial charge is 0.307 e. The lowest BCUT2D eigenvalue weighted by Crippen LogP contribution is -2.42. The molecular formula is C16H27NO2S. The zero-order valence-corrected chi connectivity index (χ0v) is 13.7. The van der Waals surface area contributed by atoms with Crippen LogP contribution < -0.4 is 5.32 Å². The Morgan fingerprint density at radius 1 is 1.40 bits per heavy atom. The molecule has 0 radical (unpaired) electrons. The fourth-order valence-electron chi connectivity index (χ4n) is 4.47. The second kappa shape index (κ2) is 5.20. The van der Waals surface area contributed by atoms with Gasteiger partial charge < -0.3 is 10.1 Å². The Labute approximate surface area is 126 Å². The van der Waals surface area contributed by atoms with Gasteiger partial charge >= 0.3 is 5.97 Å². The second-order valence-electron chi connectivity index (χ2n) is 7.52. The third-order valence-corrected chi connectivity index (χ3v) is 7.53. The Bertz CT molecular complexity index is 392. The second-order valence-corrected chi connectivity index (χ2v) is 8.67. The number of thioether (sulfide) groups is 1. The number of hydrogen-bond donors (Lipinski definition) is 1. The minimum absolute atomic E-state index is 0.000394. The van der Waals surface area contributed by atoms with E-state index in [9.17, 15) is 4.79 Å². The number of ether oxygens (including phenoxy) is 1. The van der Waals surface area contributed by atoms with Crippen molar-refractivity contribution >= 4 is 17.7 Å². The lowest BCUT2D eigenvalue weighted by molar-refractivity contribution is -0.157. The number of carbonyl (C=O) groups is 1. The van der Waals surface area contributed by atoms with Gasteiger partial charge in [-0.25, -0.2) is 0 Å². The molecular weight excluding hydrogens is 270 g/mol. The van der Waals surface area contributed by atoms with Crippen molar-refractivity contribution in [3.8, 4) is 0 Å². The molecule has 3 fully saturated rings. The van der Waals surface area contributed by atoms with Crippen LogP contribution in [0.2, 0.25) is 0 Å². The summed E-state index contributed by atoms with van der Waals surface area (Å²) in [6, 6.07) is 0.306. The van der Waals surface area contributed by atoms with Crippen LogP contribution in [0.3, 0.4) is 0 Å². The summed E-state index contributed by atoms with van der Waals surface area (Å²) in [4.78, 5) is 12.2. The van der Waals surface area contributed by atoms with Gasteiger partial charge in [-0.15, -0.1) is 0 Å². The van der Waals surface area contributed by atoms with Crippen molar-refractivity contribution in [2.75, 3.05) is 18.1 Å². The molecule has 20 heavy (non-hydrogen) atoms. The largest absolute Gasteiger partial charge is 0.462 e. The van der Waals surface area contributed by atoms with E-state index in [-0.39, 0.29) is 17.5 Å². The predicted molar refractivity (Wildman–Crippen MR) is 82.8 cm³/mol. The van der Waals surface area contributed by atoms with Crippen LogP contribution in [0.25, 0.3) is 0 Å². The highest BCUT2D eigenvalue weighted by Crippen LogP contribution is 2.66. The number of esters is 1. The highest BCUT2D eigenvalue weighted by Gasteiger charge is 2.62. The van der Waals surface area contributed by atoms with Gasteiger partial charge in [0.15, 0.2) is 0 Å². The van der Waals surface area contributed by atoms with Crippen molar-refractivity contribution in [2.45, 2.75) is 58.6 Å². The van der Waals surface area contributed by atoms with Gasteiger partial charge in [0.2, 0.25) is 0 Å². The SMILES string of the molecule is CC1(C)C2CCC1(C)C(OC(=O)CC1CSCCN1)C2. The standard InChI is InChI=1S/C16H27NO2S/c1-15(2)11-4-5-16(15,3)13(8-11)19-14(18)9-12-10-20-7-6-17-12/h11-13,17H,4-10H2,1-3H3. The van der Waals surface area contributed by atoms with Crippen LogP contribution in [0.1, 0.15) is 46.5 Å². The van der Waals surface area contributed by atoms with E-state index in [1.54, 1.807) is 0 Å². The fraction of sp³-hybridized carbons (Fsp3) is 0.938. The van der Waals surface area contributed by atoms with Crippen LogP contribution in [-0.4, -0.2) is 36.2 Å². The molecule has 4 heteroatoms. The quantitative estimate of drug-likeness (QED) is 0.813. The Morgan fingerprint density at radius 3 is 2.75 bits per heavy atom. The number of nitrogens with one attached hydrogen (secondary N) is 1. The molecule has 3 rings (SSSR count). The first kappa shape index (κ1) is 14.7. The molecule has 114 valence electrons. The highest BCUT2D eigenvalue weighted by atomic mass is 32.2. The predicted octanol–water partition coefficient (Wildman–Crippen LogP) is 2.84. The number of hydrogen-bond acceptors (Lipinski definition) is 4. The van der Waals surface area contributed by atoms with Gasteiger partial charge in [-0.05, 0) is 30.6 Å². The summed E-state index contributed by atoms with van der Waals surface area (Å²) < 4.78 is 5.90. The van der Waals surface area contributed by atoms with Crippen LogP contribution in [0.15, 0.2) is 0 Å². The van der Waals surface area contributed by atoms with Gasteiger partial charge in [-0.2, -0.15) is 11.8 Å². The number of fused-ring (bicyclic) bond motifs is 2. The van der Waals surface area contributed by atoms with Crippen molar-refractivity contribution in [2.24, 2.45) is 16.7 Å². The summed E-state index contributed by atoms with van der Waals surface area (Å²) >= 11 is 1.93. The summed E-state index contributed by atoms with van der Waals surface area (Å²) in [7, 11) is 0.